The first kappa shape index (κ1) is 15.6. The van der Waals surface area contributed by atoms with Crippen molar-refractivity contribution < 1.29 is 66.9 Å². The van der Waals surface area contributed by atoms with Crippen molar-refractivity contribution in [2.24, 2.45) is 0 Å². The number of hydrogen-bond donors (Lipinski definition) is 2. The van der Waals surface area contributed by atoms with Crippen LogP contribution in [0.25, 0.3) is 0 Å². The van der Waals surface area contributed by atoms with Gasteiger partial charge in [0.2, 0.25) is 0 Å². The van der Waals surface area contributed by atoms with E-state index in [0.29, 0.717) is 0 Å². The van der Waals surface area contributed by atoms with Gasteiger partial charge in [0, 0.05) is 6.57 Å². The average molecular weight is 145 g/mol. The molecule has 0 bridgehead atoms. The van der Waals surface area contributed by atoms with E-state index in [1.54, 1.807) is 0 Å². The van der Waals surface area contributed by atoms with E-state index in [9.17, 15) is 0 Å². The molecule has 0 aromatic carbocycles. The monoisotopic (exact) mass is 145 g/mol. The molecule has 2 N–H and O–H groups in total. The SMILES string of the molecule is C#N.O=[Si](O)O.[H-].[K+]. The normalized spacial score (nSPS) is 3.71. The van der Waals surface area contributed by atoms with Gasteiger partial charge in [0.25, 0.3) is 0 Å². The Hall–Kier alpha value is 0.743. The van der Waals surface area contributed by atoms with Crippen LogP contribution in [-0.2, 0) is 4.46 Å². The van der Waals surface area contributed by atoms with E-state index in [-0.39, 0.29) is 52.8 Å². The molecule has 0 amide bonds. The minimum atomic E-state index is -3.13. The molecule has 0 fully saturated rings. The standard InChI is InChI=1S/CHN.K.H2O3Si.H/c1-2;;1-4(2)3;/h1H;;1-2H;/q;+1;;-1. The second kappa shape index (κ2) is 15.9. The Labute approximate surface area is 86.6 Å². The van der Waals surface area contributed by atoms with Crippen molar-refractivity contribution >= 4 is 9.17 Å². The van der Waals surface area contributed by atoms with Crippen molar-refractivity contribution in [3.8, 4) is 6.57 Å². The maximum absolute atomic E-state index is 8.74. The summed E-state index contributed by atoms with van der Waals surface area (Å²) < 4.78 is 8.74. The maximum atomic E-state index is 8.74. The Balaban J connectivity index is -0.0000000183. The first-order valence-corrected chi connectivity index (χ1v) is 2.21. The van der Waals surface area contributed by atoms with Crippen LogP contribution in [0.15, 0.2) is 0 Å². The molecular weight excluding hydrogens is 141 g/mol. The van der Waals surface area contributed by atoms with Gasteiger partial charge in [-0.1, -0.05) is 0 Å². The second-order valence-electron chi connectivity index (χ2n) is 0.283. The van der Waals surface area contributed by atoms with Gasteiger partial charge in [0.15, 0.2) is 0 Å². The minimum absolute atomic E-state index is 0. The molecule has 0 heterocycles. The van der Waals surface area contributed by atoms with E-state index in [4.69, 9.17) is 19.3 Å². The third-order valence-corrected chi connectivity index (χ3v) is 0. The minimum Gasteiger partial charge on any atom is -1.00 e. The fourth-order valence-corrected chi connectivity index (χ4v) is 0. The summed E-state index contributed by atoms with van der Waals surface area (Å²) in [5.74, 6) is 0. The molecule has 7 heavy (non-hydrogen) atoms. The van der Waals surface area contributed by atoms with Crippen molar-refractivity contribution in [2.75, 3.05) is 0 Å². The Morgan fingerprint density at radius 1 is 1.57 bits per heavy atom. The molecule has 0 aliphatic rings. The van der Waals surface area contributed by atoms with Crippen LogP contribution < -0.4 is 51.4 Å². The second-order valence-corrected chi connectivity index (χ2v) is 0.848. The number of hydrogen-bond acceptors (Lipinski definition) is 2. The Morgan fingerprint density at radius 2 is 1.57 bits per heavy atom. The van der Waals surface area contributed by atoms with E-state index in [2.05, 4.69) is 6.57 Å². The third kappa shape index (κ3) is 275. The number of nitrogens with zero attached hydrogens (tertiary/aromatic N) is 1. The van der Waals surface area contributed by atoms with E-state index in [0.717, 1.165) is 0 Å². The Kier molecular flexibility index (Phi) is 35.5. The van der Waals surface area contributed by atoms with Crippen LogP contribution in [0.3, 0.4) is 0 Å². The average Bonchev–Trinajstić information content (AvgIpc) is 1.41. The van der Waals surface area contributed by atoms with Crippen LogP contribution >= 0.6 is 0 Å². The molecule has 0 radical (unpaired) electrons. The molecule has 0 aliphatic carbocycles. The van der Waals surface area contributed by atoms with Gasteiger partial charge in [0.05, 0.1) is 0 Å². The summed E-state index contributed by atoms with van der Waals surface area (Å²) >= 11 is 0. The fraction of sp³-hybridized carbons (Fsp3) is 0. The predicted molar refractivity (Wildman–Crippen MR) is 18.7 cm³/mol. The first-order valence-electron chi connectivity index (χ1n) is 0.910. The van der Waals surface area contributed by atoms with Gasteiger partial charge >= 0.3 is 60.6 Å². The van der Waals surface area contributed by atoms with Gasteiger partial charge in [-0.25, -0.2) is 5.26 Å². The summed E-state index contributed by atoms with van der Waals surface area (Å²) in [6.07, 6.45) is 0. The molecule has 0 unspecified atom stereocenters. The molecule has 0 aliphatic heterocycles. The van der Waals surface area contributed by atoms with Crippen molar-refractivity contribution in [1.82, 2.24) is 0 Å². The third-order valence-electron chi connectivity index (χ3n) is 0. The molecule has 0 saturated carbocycles. The molecule has 0 aromatic rings. The fourth-order valence-electron chi connectivity index (χ4n) is 0. The molecule has 36 valence electrons. The Bertz CT molecular complexity index is 63.5. The van der Waals surface area contributed by atoms with E-state index in [1.165, 1.54) is 0 Å². The molecule has 0 aromatic heterocycles. The summed E-state index contributed by atoms with van der Waals surface area (Å²) in [6.45, 7) is 3.50. The molecule has 0 atom stereocenters. The zero-order valence-corrected chi connectivity index (χ0v) is 7.95. The zero-order chi connectivity index (χ0) is 5.58. The molecule has 0 spiro atoms. The van der Waals surface area contributed by atoms with E-state index < -0.39 is 9.17 Å². The zero-order valence-electron chi connectivity index (χ0n) is 4.83. The smallest absolute Gasteiger partial charge is 1.00 e. The van der Waals surface area contributed by atoms with E-state index >= 15 is 0 Å². The first-order chi connectivity index (χ1) is 2.73. The summed E-state index contributed by atoms with van der Waals surface area (Å²) in [5.41, 5.74) is 0. The summed E-state index contributed by atoms with van der Waals surface area (Å²) in [6, 6.07) is 0. The van der Waals surface area contributed by atoms with Crippen molar-refractivity contribution in [3.63, 3.8) is 0 Å². The van der Waals surface area contributed by atoms with Crippen LogP contribution in [0.2, 0.25) is 0 Å². The molecule has 0 saturated heterocycles. The quantitative estimate of drug-likeness (QED) is 0.338. The Morgan fingerprint density at radius 3 is 1.57 bits per heavy atom. The van der Waals surface area contributed by atoms with Crippen LogP contribution in [0, 0.1) is 11.8 Å². The predicted octanol–water partition coefficient (Wildman–Crippen LogP) is -4.36. The summed E-state index contributed by atoms with van der Waals surface area (Å²) in [4.78, 5) is 14.3. The summed E-state index contributed by atoms with van der Waals surface area (Å²) in [7, 11) is -3.13. The van der Waals surface area contributed by atoms with Gasteiger partial charge in [0.1, 0.15) is 0 Å². The van der Waals surface area contributed by atoms with Crippen LogP contribution in [0.1, 0.15) is 1.43 Å². The largest absolute Gasteiger partial charge is 1.00 e. The van der Waals surface area contributed by atoms with Gasteiger partial charge in [-0.2, -0.15) is 0 Å². The topological polar surface area (TPSA) is 81.3 Å². The number of rotatable bonds is 0. The van der Waals surface area contributed by atoms with Gasteiger partial charge in [-0.05, 0) is 0 Å². The van der Waals surface area contributed by atoms with Crippen molar-refractivity contribution in [3.05, 3.63) is 0 Å². The molecule has 0 rings (SSSR count). The molecular formula is CH4KNO3Si. The van der Waals surface area contributed by atoms with E-state index in [1.807, 2.05) is 0 Å². The maximum Gasteiger partial charge on any atom is 1.00 e. The van der Waals surface area contributed by atoms with Crippen LogP contribution in [0.5, 0.6) is 0 Å². The van der Waals surface area contributed by atoms with Crippen LogP contribution in [0.4, 0.5) is 0 Å². The molecule has 6 heteroatoms. The molecule has 4 nitrogen and oxygen atoms in total. The van der Waals surface area contributed by atoms with Gasteiger partial charge in [-0.3, -0.25) is 4.46 Å². The van der Waals surface area contributed by atoms with Gasteiger partial charge < -0.3 is 11.0 Å². The summed E-state index contributed by atoms with van der Waals surface area (Å²) in [5, 5.41) is 6.50. The number of nitriles is 1. The van der Waals surface area contributed by atoms with Crippen molar-refractivity contribution in [1.29, 1.82) is 5.26 Å². The van der Waals surface area contributed by atoms with Gasteiger partial charge in [-0.15, -0.1) is 0 Å². The van der Waals surface area contributed by atoms with Crippen molar-refractivity contribution in [2.45, 2.75) is 0 Å². The van der Waals surface area contributed by atoms with Crippen LogP contribution in [-0.4, -0.2) is 18.8 Å².